The molecule has 2 aliphatic rings. The molecule has 2 fully saturated rings. The van der Waals surface area contributed by atoms with Gasteiger partial charge in [-0.3, -0.25) is 24.0 Å². The zero-order chi connectivity index (χ0) is 41.9. The van der Waals surface area contributed by atoms with Crippen molar-refractivity contribution >= 4 is 41.5 Å². The smallest absolute Gasteiger partial charge is 0.329 e. The summed E-state index contributed by atoms with van der Waals surface area (Å²) in [5, 5.41) is 8.37. The van der Waals surface area contributed by atoms with E-state index in [2.05, 4.69) is 16.0 Å². The first kappa shape index (κ1) is 47.2. The quantitative estimate of drug-likeness (QED) is 0.231. The van der Waals surface area contributed by atoms with Crippen LogP contribution < -0.4 is 16.0 Å². The second kappa shape index (κ2) is 20.8. The van der Waals surface area contributed by atoms with Crippen LogP contribution >= 0.6 is 0 Å². The fourth-order valence-electron chi connectivity index (χ4n) is 6.87. The summed E-state index contributed by atoms with van der Waals surface area (Å²) in [6.07, 6.45) is 4.19. The molecule has 0 radical (unpaired) electrons. The van der Waals surface area contributed by atoms with E-state index in [-0.39, 0.29) is 18.9 Å². The predicted octanol–water partition coefficient (Wildman–Crippen LogP) is 3.90. The summed E-state index contributed by atoms with van der Waals surface area (Å²) in [4.78, 5) is 101. The molecule has 0 aromatic rings. The van der Waals surface area contributed by atoms with Gasteiger partial charge in [-0.05, 0) is 76.7 Å². The fourth-order valence-corrected chi connectivity index (χ4v) is 6.87. The minimum atomic E-state index is -1.39. The van der Waals surface area contributed by atoms with Gasteiger partial charge in [0.05, 0.1) is 5.41 Å². The van der Waals surface area contributed by atoms with Crippen LogP contribution in [0.1, 0.15) is 122 Å². The number of nitrogens with zero attached hydrogens (tertiary/aromatic N) is 2. The number of carbonyl (C=O) groups is 7. The van der Waals surface area contributed by atoms with E-state index >= 15 is 0 Å². The van der Waals surface area contributed by atoms with Crippen LogP contribution in [0.25, 0.3) is 0 Å². The van der Waals surface area contributed by atoms with E-state index in [0.717, 1.165) is 6.42 Å². The Hall–Kier alpha value is -3.97. The first-order valence-corrected chi connectivity index (χ1v) is 20.2. The van der Waals surface area contributed by atoms with Gasteiger partial charge in [0.1, 0.15) is 36.3 Å². The van der Waals surface area contributed by atoms with Crippen molar-refractivity contribution < 1.29 is 43.0 Å². The highest BCUT2D eigenvalue weighted by Crippen LogP contribution is 2.28. The van der Waals surface area contributed by atoms with Crippen molar-refractivity contribution in [2.24, 2.45) is 29.1 Å². The number of allylic oxidation sites excluding steroid dienone is 1. The second-order valence-electron chi connectivity index (χ2n) is 17.0. The summed E-state index contributed by atoms with van der Waals surface area (Å²) in [6.45, 7) is 21.4. The summed E-state index contributed by atoms with van der Waals surface area (Å²) < 4.78 is 11.9. The maximum absolute atomic E-state index is 14.2. The molecule has 3 N–H and O–H groups in total. The van der Waals surface area contributed by atoms with Gasteiger partial charge < -0.3 is 35.2 Å². The Bertz CT molecular complexity index is 1410. The Labute approximate surface area is 328 Å². The second-order valence-corrected chi connectivity index (χ2v) is 17.0. The molecule has 3 unspecified atom stereocenters. The van der Waals surface area contributed by atoms with E-state index in [0.29, 0.717) is 25.7 Å². The molecule has 0 aromatic heterocycles. The molecule has 0 spiro atoms. The molecular weight excluding hydrogens is 706 g/mol. The van der Waals surface area contributed by atoms with E-state index in [4.69, 9.17) is 9.47 Å². The van der Waals surface area contributed by atoms with Crippen molar-refractivity contribution in [3.8, 4) is 0 Å². The summed E-state index contributed by atoms with van der Waals surface area (Å²) >= 11 is 0. The van der Waals surface area contributed by atoms with Gasteiger partial charge in [-0.15, -0.1) is 0 Å². The van der Waals surface area contributed by atoms with Crippen LogP contribution in [0.5, 0.6) is 0 Å². The number of nitrogens with one attached hydrogen (secondary N) is 3. The highest BCUT2D eigenvalue weighted by molar-refractivity contribution is 5.96. The zero-order valence-electron chi connectivity index (χ0n) is 35.5. The van der Waals surface area contributed by atoms with Crippen LogP contribution in [0.3, 0.4) is 0 Å². The number of ether oxygens (including phenoxy) is 2. The number of unbranched alkanes of at least 4 members (excludes halogenated alkanes) is 1. The number of rotatable bonds is 9. The molecular formula is C41H69N5O9. The summed E-state index contributed by atoms with van der Waals surface area (Å²) in [7, 11) is 1.47. The number of cyclic esters (lactones) is 2. The van der Waals surface area contributed by atoms with Crippen molar-refractivity contribution in [1.29, 1.82) is 0 Å². The molecule has 8 atom stereocenters. The molecule has 0 saturated carbocycles. The van der Waals surface area contributed by atoms with Crippen LogP contribution in [0.4, 0.5) is 0 Å². The normalized spacial score (nSPS) is 29.0. The Morgan fingerprint density at radius 3 is 2.02 bits per heavy atom. The molecule has 0 aliphatic carbocycles. The van der Waals surface area contributed by atoms with Crippen LogP contribution in [-0.2, 0) is 43.0 Å². The summed E-state index contributed by atoms with van der Waals surface area (Å²) in [5.74, 6) is -5.65. The van der Waals surface area contributed by atoms with E-state index in [9.17, 15) is 33.6 Å². The Balaban J connectivity index is 2.74. The Kier molecular flexibility index (Phi) is 17.8. The molecule has 0 bridgehead atoms. The molecule has 2 aliphatic heterocycles. The lowest BCUT2D eigenvalue weighted by Crippen LogP contribution is -2.59. The molecule has 2 heterocycles. The number of fused-ring (bicyclic) bond motifs is 1. The number of carbonyl (C=O) groups excluding carboxylic acids is 7. The third kappa shape index (κ3) is 12.3. The third-order valence-electron chi connectivity index (χ3n) is 10.7. The lowest BCUT2D eigenvalue weighted by Gasteiger charge is -2.37. The van der Waals surface area contributed by atoms with Crippen molar-refractivity contribution in [2.45, 2.75) is 164 Å². The molecule has 14 nitrogen and oxygen atoms in total. The van der Waals surface area contributed by atoms with Crippen molar-refractivity contribution in [1.82, 2.24) is 25.8 Å². The van der Waals surface area contributed by atoms with Gasteiger partial charge in [0, 0.05) is 19.5 Å². The molecule has 312 valence electrons. The summed E-state index contributed by atoms with van der Waals surface area (Å²) in [6, 6.07) is -5.29. The number of amides is 5. The number of hydrogen-bond acceptors (Lipinski definition) is 9. The van der Waals surface area contributed by atoms with Gasteiger partial charge in [-0.25, -0.2) is 9.59 Å². The van der Waals surface area contributed by atoms with E-state index < -0.39 is 107 Å². The largest absolute Gasteiger partial charge is 0.455 e. The maximum atomic E-state index is 14.2. The number of hydrogen-bond donors (Lipinski definition) is 3. The van der Waals surface area contributed by atoms with E-state index in [1.807, 2.05) is 33.8 Å². The highest BCUT2D eigenvalue weighted by Gasteiger charge is 2.45. The van der Waals surface area contributed by atoms with E-state index in [1.54, 1.807) is 54.5 Å². The minimum absolute atomic E-state index is 0.0200. The lowest BCUT2D eigenvalue weighted by atomic mass is 9.84. The monoisotopic (exact) mass is 776 g/mol. The average molecular weight is 776 g/mol. The van der Waals surface area contributed by atoms with Gasteiger partial charge in [-0.1, -0.05) is 74.8 Å². The van der Waals surface area contributed by atoms with Crippen LogP contribution in [0.2, 0.25) is 0 Å². The SMILES string of the molecule is CCC/C=C/C1OC(=O)[C@H](C)NC(=O)C(CC(C)C)NC(=O)[C@@H]2CCCN2C(=O)[C@H]([C@@H](C)CC)OC(=O)C(C(C)C)N(C)C(=O)[C@H](C(C)C)NC(=O)C1(C)C. The van der Waals surface area contributed by atoms with Gasteiger partial charge in [0.15, 0.2) is 6.10 Å². The first-order valence-electron chi connectivity index (χ1n) is 20.2. The van der Waals surface area contributed by atoms with Crippen molar-refractivity contribution in [3.63, 3.8) is 0 Å². The molecule has 2 saturated heterocycles. The number of likely N-dealkylation sites (N-methyl/N-ethyl adjacent to an activating group) is 1. The summed E-state index contributed by atoms with van der Waals surface area (Å²) in [5.41, 5.74) is -1.39. The molecule has 0 aromatic carbocycles. The first-order chi connectivity index (χ1) is 25.6. The Morgan fingerprint density at radius 2 is 1.47 bits per heavy atom. The van der Waals surface area contributed by atoms with Gasteiger partial charge in [0.25, 0.3) is 5.91 Å². The lowest BCUT2D eigenvalue weighted by molar-refractivity contribution is -0.172. The third-order valence-corrected chi connectivity index (χ3v) is 10.7. The van der Waals surface area contributed by atoms with Gasteiger partial charge in [0.2, 0.25) is 23.6 Å². The van der Waals surface area contributed by atoms with Crippen molar-refractivity contribution in [2.75, 3.05) is 13.6 Å². The maximum Gasteiger partial charge on any atom is 0.329 e. The molecule has 2 rings (SSSR count). The van der Waals surface area contributed by atoms with Crippen LogP contribution in [0, 0.1) is 29.1 Å². The minimum Gasteiger partial charge on any atom is -0.455 e. The fraction of sp³-hybridized carbons (Fsp3) is 0.780. The predicted molar refractivity (Wildman–Crippen MR) is 209 cm³/mol. The highest BCUT2D eigenvalue weighted by atomic mass is 16.6. The topological polar surface area (TPSA) is 181 Å². The molecule has 5 amide bonds. The number of esters is 2. The molecule has 55 heavy (non-hydrogen) atoms. The van der Waals surface area contributed by atoms with Gasteiger partial charge in [-0.2, -0.15) is 0 Å². The van der Waals surface area contributed by atoms with Crippen molar-refractivity contribution in [3.05, 3.63) is 12.2 Å². The van der Waals surface area contributed by atoms with Crippen LogP contribution in [-0.4, -0.2) is 107 Å². The average Bonchev–Trinajstić information content (AvgIpc) is 3.60. The van der Waals surface area contributed by atoms with Gasteiger partial charge >= 0.3 is 11.9 Å². The zero-order valence-corrected chi connectivity index (χ0v) is 35.5. The van der Waals surface area contributed by atoms with E-state index in [1.165, 1.54) is 23.8 Å². The molecule has 14 heteroatoms. The standard InChI is InChI=1S/C41H69N5O9/c1-14-16-17-20-30-41(11,12)40(53)44-31(24(5)6)36(49)45(13)32(25(7)8)39(52)55-33(26(9)15-2)37(50)46-21-18-19-29(46)35(48)43-28(22-23(3)4)34(47)42-27(10)38(51)54-30/h17,20,23-33H,14-16,18-19,21-22H2,1-13H3,(H,42,47)(H,43,48)(H,44,53)/b20-17+/t26-,27-,28?,29-,30?,31-,32?,33-/m0/s1. The van der Waals surface area contributed by atoms with Crippen LogP contribution in [0.15, 0.2) is 12.2 Å². The Morgan fingerprint density at radius 1 is 0.836 bits per heavy atom.